The molecule has 0 radical (unpaired) electrons. The summed E-state index contributed by atoms with van der Waals surface area (Å²) in [5.41, 5.74) is 3.52. The van der Waals surface area contributed by atoms with Crippen molar-refractivity contribution in [1.29, 1.82) is 0 Å². The van der Waals surface area contributed by atoms with Crippen LogP contribution < -0.4 is 4.74 Å². The minimum absolute atomic E-state index is 0.222. The lowest BCUT2D eigenvalue weighted by atomic mass is 9.99. The Bertz CT molecular complexity index is 746. The van der Waals surface area contributed by atoms with Crippen molar-refractivity contribution in [3.63, 3.8) is 0 Å². The molecule has 0 saturated heterocycles. The summed E-state index contributed by atoms with van der Waals surface area (Å²) in [7, 11) is 0. The number of carboxylic acid groups (broad SMARTS) is 1. The van der Waals surface area contributed by atoms with Gasteiger partial charge in [0, 0.05) is 17.2 Å². The first-order valence-corrected chi connectivity index (χ1v) is 9.92. The minimum Gasteiger partial charge on any atom is -0.490 e. The fourth-order valence-corrected chi connectivity index (χ4v) is 3.36. The fourth-order valence-electron chi connectivity index (χ4n) is 2.57. The van der Waals surface area contributed by atoms with Crippen molar-refractivity contribution in [1.82, 2.24) is 4.98 Å². The standard InChI is InChI=1S/C18H21NOS.C3H6O2/c1-12(2)21-18-6-4-5-16(19-18)14-9-10-17-15(11-14)8-7-13(3)20-17;1-2-3(4)5/h4-6,9-13H,7-8H2,1-3H3;2H2,1H3,(H,4,5). The largest absolute Gasteiger partial charge is 0.490 e. The number of pyridine rings is 1. The van der Waals surface area contributed by atoms with Crippen LogP contribution in [0.25, 0.3) is 11.3 Å². The lowest BCUT2D eigenvalue weighted by Crippen LogP contribution is -2.18. The number of rotatable bonds is 4. The Kier molecular flexibility index (Phi) is 7.51. The third-order valence-electron chi connectivity index (χ3n) is 3.89. The second kappa shape index (κ2) is 9.62. The first-order valence-electron chi connectivity index (χ1n) is 9.04. The molecule has 26 heavy (non-hydrogen) atoms. The molecule has 140 valence electrons. The highest BCUT2D eigenvalue weighted by Crippen LogP contribution is 2.32. The number of nitrogens with zero attached hydrogens (tertiary/aromatic N) is 1. The molecule has 0 bridgehead atoms. The van der Waals surface area contributed by atoms with E-state index in [1.165, 1.54) is 11.1 Å². The molecule has 1 unspecified atom stereocenters. The molecular weight excluding hydrogens is 346 g/mol. The van der Waals surface area contributed by atoms with Gasteiger partial charge in [0.25, 0.3) is 0 Å². The summed E-state index contributed by atoms with van der Waals surface area (Å²) in [4.78, 5) is 14.1. The average Bonchev–Trinajstić information content (AvgIpc) is 2.61. The van der Waals surface area contributed by atoms with E-state index in [9.17, 15) is 4.79 Å². The van der Waals surface area contributed by atoms with Gasteiger partial charge in [0.2, 0.25) is 0 Å². The van der Waals surface area contributed by atoms with Crippen LogP contribution >= 0.6 is 11.8 Å². The van der Waals surface area contributed by atoms with Crippen LogP contribution in [0.5, 0.6) is 5.75 Å². The average molecular weight is 374 g/mol. The van der Waals surface area contributed by atoms with Gasteiger partial charge < -0.3 is 9.84 Å². The van der Waals surface area contributed by atoms with Gasteiger partial charge in [-0.15, -0.1) is 11.8 Å². The number of aromatic nitrogens is 1. The van der Waals surface area contributed by atoms with Crippen molar-refractivity contribution in [2.45, 2.75) is 63.3 Å². The van der Waals surface area contributed by atoms with E-state index in [1.807, 2.05) is 0 Å². The molecule has 0 spiro atoms. The molecule has 2 heterocycles. The number of benzene rings is 1. The summed E-state index contributed by atoms with van der Waals surface area (Å²) in [6, 6.07) is 12.7. The third-order valence-corrected chi connectivity index (χ3v) is 4.83. The van der Waals surface area contributed by atoms with Gasteiger partial charge in [0.05, 0.1) is 16.8 Å². The summed E-state index contributed by atoms with van der Waals surface area (Å²) in [5.74, 6) is 0.287. The van der Waals surface area contributed by atoms with Crippen LogP contribution in [0, 0.1) is 0 Å². The number of thioether (sulfide) groups is 1. The van der Waals surface area contributed by atoms with Gasteiger partial charge in [-0.2, -0.15) is 0 Å². The molecule has 1 aliphatic heterocycles. The number of hydrogen-bond donors (Lipinski definition) is 1. The topological polar surface area (TPSA) is 59.4 Å². The zero-order valence-corrected chi connectivity index (χ0v) is 16.7. The van der Waals surface area contributed by atoms with Crippen molar-refractivity contribution in [3.05, 3.63) is 42.0 Å². The summed E-state index contributed by atoms with van der Waals surface area (Å²) >= 11 is 1.80. The van der Waals surface area contributed by atoms with Crippen LogP contribution in [0.4, 0.5) is 0 Å². The smallest absolute Gasteiger partial charge is 0.303 e. The molecule has 1 aromatic heterocycles. The Morgan fingerprint density at radius 1 is 1.35 bits per heavy atom. The number of ether oxygens (including phenoxy) is 1. The monoisotopic (exact) mass is 373 g/mol. The molecular formula is C21H27NO3S. The lowest BCUT2D eigenvalue weighted by molar-refractivity contribution is -0.136. The molecule has 2 aromatic rings. The Morgan fingerprint density at radius 3 is 2.73 bits per heavy atom. The second-order valence-corrected chi connectivity index (χ2v) is 8.16. The summed E-state index contributed by atoms with van der Waals surface area (Å²) < 4.78 is 5.87. The summed E-state index contributed by atoms with van der Waals surface area (Å²) in [5, 5.41) is 9.36. The van der Waals surface area contributed by atoms with E-state index in [2.05, 4.69) is 57.2 Å². The van der Waals surface area contributed by atoms with Gasteiger partial charge in [0.15, 0.2) is 0 Å². The Labute approximate surface area is 160 Å². The molecule has 1 N–H and O–H groups in total. The molecule has 0 fully saturated rings. The number of carboxylic acids is 1. The third kappa shape index (κ3) is 6.06. The molecule has 1 aromatic carbocycles. The second-order valence-electron chi connectivity index (χ2n) is 6.56. The zero-order chi connectivity index (χ0) is 19.1. The van der Waals surface area contributed by atoms with Crippen molar-refractivity contribution in [2.24, 2.45) is 0 Å². The molecule has 1 atom stereocenters. The van der Waals surface area contributed by atoms with Crippen molar-refractivity contribution in [3.8, 4) is 17.0 Å². The van der Waals surface area contributed by atoms with Crippen LogP contribution in [0.2, 0.25) is 0 Å². The van der Waals surface area contributed by atoms with Gasteiger partial charge in [-0.25, -0.2) is 4.98 Å². The van der Waals surface area contributed by atoms with Crippen LogP contribution in [-0.2, 0) is 11.2 Å². The molecule has 4 nitrogen and oxygen atoms in total. The highest BCUT2D eigenvalue weighted by atomic mass is 32.2. The molecule has 5 heteroatoms. The quantitative estimate of drug-likeness (QED) is 0.723. The maximum absolute atomic E-state index is 9.37. The predicted molar refractivity (Wildman–Crippen MR) is 107 cm³/mol. The van der Waals surface area contributed by atoms with Crippen molar-refractivity contribution in [2.75, 3.05) is 0 Å². The van der Waals surface area contributed by atoms with Gasteiger partial charge in [0.1, 0.15) is 5.75 Å². The maximum atomic E-state index is 9.37. The van der Waals surface area contributed by atoms with Crippen LogP contribution in [0.15, 0.2) is 41.4 Å². The number of aryl methyl sites for hydroxylation is 1. The van der Waals surface area contributed by atoms with E-state index < -0.39 is 5.97 Å². The number of fused-ring (bicyclic) bond motifs is 1. The number of hydrogen-bond acceptors (Lipinski definition) is 4. The highest BCUT2D eigenvalue weighted by molar-refractivity contribution is 7.99. The molecule has 0 saturated carbocycles. The normalized spacial score (nSPS) is 15.5. The van der Waals surface area contributed by atoms with Crippen molar-refractivity contribution >= 4 is 17.7 Å². The highest BCUT2D eigenvalue weighted by Gasteiger charge is 2.16. The van der Waals surface area contributed by atoms with Crippen LogP contribution in [0.1, 0.15) is 46.1 Å². The van der Waals surface area contributed by atoms with Crippen molar-refractivity contribution < 1.29 is 14.6 Å². The Morgan fingerprint density at radius 2 is 2.08 bits per heavy atom. The first-order chi connectivity index (χ1) is 12.4. The molecule has 0 amide bonds. The molecule has 0 aliphatic carbocycles. The fraction of sp³-hybridized carbons (Fsp3) is 0.429. The zero-order valence-electron chi connectivity index (χ0n) is 15.9. The minimum atomic E-state index is -0.745. The van der Waals surface area contributed by atoms with Crippen LogP contribution in [-0.4, -0.2) is 27.4 Å². The van der Waals surface area contributed by atoms with Gasteiger partial charge in [-0.3, -0.25) is 4.79 Å². The van der Waals surface area contributed by atoms with E-state index in [0.29, 0.717) is 11.4 Å². The molecule has 3 rings (SSSR count). The maximum Gasteiger partial charge on any atom is 0.303 e. The van der Waals surface area contributed by atoms with Crippen LogP contribution in [0.3, 0.4) is 0 Å². The first kappa shape index (κ1) is 20.3. The SMILES string of the molecule is CC1CCc2cc(-c3cccc(SC(C)C)n3)ccc2O1.CCC(=O)O. The van der Waals surface area contributed by atoms with E-state index in [1.54, 1.807) is 18.7 Å². The number of carbonyl (C=O) groups is 1. The van der Waals surface area contributed by atoms with Gasteiger partial charge in [-0.05, 0) is 55.7 Å². The van der Waals surface area contributed by atoms with E-state index in [-0.39, 0.29) is 6.42 Å². The van der Waals surface area contributed by atoms with Gasteiger partial charge in [-0.1, -0.05) is 26.8 Å². The van der Waals surface area contributed by atoms with Gasteiger partial charge >= 0.3 is 5.97 Å². The lowest BCUT2D eigenvalue weighted by Gasteiger charge is -2.23. The molecule has 1 aliphatic rings. The predicted octanol–water partition coefficient (Wildman–Crippen LogP) is 5.44. The summed E-state index contributed by atoms with van der Waals surface area (Å²) in [6.45, 7) is 8.11. The van der Waals surface area contributed by atoms with E-state index in [4.69, 9.17) is 14.8 Å². The Hall–Kier alpha value is -2.01. The Balaban J connectivity index is 0.000000431. The van der Waals surface area contributed by atoms with E-state index in [0.717, 1.165) is 29.3 Å². The van der Waals surface area contributed by atoms with E-state index >= 15 is 0 Å². The summed E-state index contributed by atoms with van der Waals surface area (Å²) in [6.07, 6.45) is 2.73. The number of aliphatic carboxylic acids is 1.